The molecule has 3 heteroatoms. The lowest BCUT2D eigenvalue weighted by molar-refractivity contribution is -0.403. The van der Waals surface area contributed by atoms with E-state index in [2.05, 4.69) is 13.8 Å². The summed E-state index contributed by atoms with van der Waals surface area (Å²) in [5, 5.41) is 10.2. The molecule has 3 fully saturated rings. The van der Waals surface area contributed by atoms with Gasteiger partial charge in [0.15, 0.2) is 0 Å². The summed E-state index contributed by atoms with van der Waals surface area (Å²) in [6, 6.07) is 0. The van der Waals surface area contributed by atoms with Crippen molar-refractivity contribution in [1.82, 2.24) is 0 Å². The van der Waals surface area contributed by atoms with Crippen molar-refractivity contribution in [3.63, 3.8) is 0 Å². The Bertz CT molecular complexity index is 281. The van der Waals surface area contributed by atoms with E-state index >= 15 is 0 Å². The highest BCUT2D eigenvalue weighted by molar-refractivity contribution is 5.07. The van der Waals surface area contributed by atoms with Gasteiger partial charge in [0.1, 0.15) is 0 Å². The Morgan fingerprint density at radius 2 is 2.14 bits per heavy atom. The lowest BCUT2D eigenvalue weighted by Crippen LogP contribution is -2.51. The lowest BCUT2D eigenvalue weighted by atomic mass is 9.45. The van der Waals surface area contributed by atoms with Crippen LogP contribution in [-0.2, 0) is 0 Å². The van der Waals surface area contributed by atoms with Crippen LogP contribution < -0.4 is 0 Å². The fraction of sp³-hybridized carbons (Fsp3) is 0.818. The minimum absolute atomic E-state index is 0.349. The normalized spacial score (nSPS) is 39.4. The Labute approximate surface area is 84.3 Å². The first kappa shape index (κ1) is 9.69. The molecule has 3 aliphatic rings. The molecule has 0 aliphatic heterocycles. The number of fused-ring (bicyclic) bond motifs is 2. The molecule has 0 spiro atoms. The molecular weight excluding hydrogens is 178 g/mol. The Morgan fingerprint density at radius 3 is 2.64 bits per heavy atom. The van der Waals surface area contributed by atoms with Crippen LogP contribution >= 0.6 is 0 Å². The third kappa shape index (κ3) is 1.35. The fourth-order valence-corrected chi connectivity index (χ4v) is 3.28. The quantitative estimate of drug-likeness (QED) is 0.502. The number of rotatable bonds is 2. The number of nitrogens with zero attached hydrogens (tertiary/aromatic N) is 1. The molecule has 0 saturated heterocycles. The van der Waals surface area contributed by atoms with Crippen molar-refractivity contribution >= 4 is 0 Å². The van der Waals surface area contributed by atoms with Crippen molar-refractivity contribution < 1.29 is 4.92 Å². The molecule has 3 saturated carbocycles. The summed E-state index contributed by atoms with van der Waals surface area (Å²) in [5.41, 5.74) is 0.420. The van der Waals surface area contributed by atoms with Gasteiger partial charge in [0.25, 0.3) is 0 Å². The number of hydrogen-bond donors (Lipinski definition) is 0. The minimum Gasteiger partial charge on any atom is -0.259 e. The van der Waals surface area contributed by atoms with Crippen LogP contribution in [0.1, 0.15) is 33.1 Å². The maximum atomic E-state index is 10.2. The molecule has 14 heavy (non-hydrogen) atoms. The first-order chi connectivity index (χ1) is 6.51. The zero-order valence-electron chi connectivity index (χ0n) is 8.77. The Morgan fingerprint density at radius 1 is 1.43 bits per heavy atom. The average molecular weight is 195 g/mol. The van der Waals surface area contributed by atoms with Crippen LogP contribution in [0, 0.1) is 33.3 Å². The second kappa shape index (κ2) is 3.07. The first-order valence-electron chi connectivity index (χ1n) is 5.33. The lowest BCUT2D eigenvalue weighted by Gasteiger charge is -2.59. The Kier molecular flexibility index (Phi) is 2.13. The van der Waals surface area contributed by atoms with E-state index in [9.17, 15) is 10.1 Å². The topological polar surface area (TPSA) is 43.1 Å². The molecule has 0 heterocycles. The SMILES string of the molecule is CC1(C)C2CCC(/C=C/[N+](=O)[O-])C1C2. The molecule has 3 atom stereocenters. The van der Waals surface area contributed by atoms with Crippen LogP contribution in [0.4, 0.5) is 0 Å². The molecule has 0 N–H and O–H groups in total. The van der Waals surface area contributed by atoms with Gasteiger partial charge in [-0.25, -0.2) is 0 Å². The molecule has 2 bridgehead atoms. The molecule has 78 valence electrons. The molecule has 3 nitrogen and oxygen atoms in total. The number of hydrogen-bond acceptors (Lipinski definition) is 2. The van der Waals surface area contributed by atoms with Gasteiger partial charge in [0, 0.05) is 0 Å². The van der Waals surface area contributed by atoms with Crippen LogP contribution in [0.25, 0.3) is 0 Å². The second-order valence-electron chi connectivity index (χ2n) is 5.23. The van der Waals surface area contributed by atoms with E-state index in [0.29, 0.717) is 17.3 Å². The number of nitro groups is 1. The predicted molar refractivity (Wildman–Crippen MR) is 54.2 cm³/mol. The van der Waals surface area contributed by atoms with E-state index in [0.717, 1.165) is 18.5 Å². The summed E-state index contributed by atoms with van der Waals surface area (Å²) in [5.74, 6) is 1.99. The van der Waals surface area contributed by atoms with Crippen molar-refractivity contribution in [2.24, 2.45) is 23.2 Å². The Hall–Kier alpha value is -0.860. The van der Waals surface area contributed by atoms with E-state index in [1.807, 2.05) is 6.08 Å². The zero-order chi connectivity index (χ0) is 10.3. The molecule has 0 aromatic heterocycles. The highest BCUT2D eigenvalue weighted by Crippen LogP contribution is 2.61. The van der Waals surface area contributed by atoms with Crippen LogP contribution in [-0.4, -0.2) is 4.92 Å². The van der Waals surface area contributed by atoms with Crippen LogP contribution in [0.2, 0.25) is 0 Å². The summed E-state index contributed by atoms with van der Waals surface area (Å²) < 4.78 is 0. The Balaban J connectivity index is 2.04. The van der Waals surface area contributed by atoms with Crippen molar-refractivity contribution in [3.05, 3.63) is 22.4 Å². The molecule has 3 rings (SSSR count). The van der Waals surface area contributed by atoms with E-state index in [1.165, 1.54) is 12.8 Å². The van der Waals surface area contributed by atoms with Gasteiger partial charge in [-0.1, -0.05) is 13.8 Å². The van der Waals surface area contributed by atoms with Crippen molar-refractivity contribution in [2.45, 2.75) is 33.1 Å². The molecule has 0 aromatic carbocycles. The van der Waals surface area contributed by atoms with E-state index in [1.54, 1.807) is 0 Å². The van der Waals surface area contributed by atoms with Crippen LogP contribution in [0.15, 0.2) is 12.3 Å². The summed E-state index contributed by atoms with van der Waals surface area (Å²) in [4.78, 5) is 9.89. The zero-order valence-corrected chi connectivity index (χ0v) is 8.77. The maximum absolute atomic E-state index is 10.2. The van der Waals surface area contributed by atoms with Gasteiger partial charge in [0.2, 0.25) is 6.20 Å². The van der Waals surface area contributed by atoms with E-state index in [4.69, 9.17) is 0 Å². The fourth-order valence-electron chi connectivity index (χ4n) is 3.28. The molecular formula is C11H17NO2. The van der Waals surface area contributed by atoms with Gasteiger partial charge in [-0.15, -0.1) is 0 Å². The van der Waals surface area contributed by atoms with Gasteiger partial charge >= 0.3 is 0 Å². The highest BCUT2D eigenvalue weighted by Gasteiger charge is 2.53. The molecule has 0 amide bonds. The largest absolute Gasteiger partial charge is 0.259 e. The highest BCUT2D eigenvalue weighted by atomic mass is 16.6. The van der Waals surface area contributed by atoms with Gasteiger partial charge in [0.05, 0.1) is 4.92 Å². The third-order valence-corrected chi connectivity index (χ3v) is 4.37. The molecule has 3 aliphatic carbocycles. The summed E-state index contributed by atoms with van der Waals surface area (Å²) in [6.45, 7) is 4.61. The summed E-state index contributed by atoms with van der Waals surface area (Å²) >= 11 is 0. The van der Waals surface area contributed by atoms with Crippen LogP contribution in [0.3, 0.4) is 0 Å². The standard InChI is InChI=1S/C11H17NO2/c1-11(2)9-4-3-8(10(11)7-9)5-6-12(13)14/h5-6,8-10H,3-4,7H2,1-2H3/b6-5+. The van der Waals surface area contributed by atoms with Crippen LogP contribution in [0.5, 0.6) is 0 Å². The van der Waals surface area contributed by atoms with E-state index in [-0.39, 0.29) is 4.92 Å². The molecule has 3 unspecified atom stereocenters. The maximum Gasteiger partial charge on any atom is 0.230 e. The number of allylic oxidation sites excluding steroid dienone is 1. The summed E-state index contributed by atoms with van der Waals surface area (Å²) in [7, 11) is 0. The van der Waals surface area contributed by atoms with Gasteiger partial charge in [-0.2, -0.15) is 0 Å². The molecule has 0 radical (unpaired) electrons. The monoisotopic (exact) mass is 195 g/mol. The smallest absolute Gasteiger partial charge is 0.230 e. The minimum atomic E-state index is -0.349. The van der Waals surface area contributed by atoms with Gasteiger partial charge in [-0.05, 0) is 48.5 Å². The first-order valence-corrected chi connectivity index (χ1v) is 5.33. The summed E-state index contributed by atoms with van der Waals surface area (Å²) in [6.07, 6.45) is 6.60. The van der Waals surface area contributed by atoms with Crippen molar-refractivity contribution in [1.29, 1.82) is 0 Å². The predicted octanol–water partition coefficient (Wildman–Crippen LogP) is 2.85. The second-order valence-corrected chi connectivity index (χ2v) is 5.23. The van der Waals surface area contributed by atoms with Gasteiger partial charge in [-0.3, -0.25) is 10.1 Å². The molecule has 0 aromatic rings. The van der Waals surface area contributed by atoms with Gasteiger partial charge < -0.3 is 0 Å². The third-order valence-electron chi connectivity index (χ3n) is 4.37. The van der Waals surface area contributed by atoms with Crippen molar-refractivity contribution in [2.75, 3.05) is 0 Å². The van der Waals surface area contributed by atoms with E-state index < -0.39 is 0 Å². The average Bonchev–Trinajstić information content (AvgIpc) is 2.14. The van der Waals surface area contributed by atoms with Crippen molar-refractivity contribution in [3.8, 4) is 0 Å².